The molecular formula is C25H21BrN2O5S. The molecule has 1 atom stereocenters. The van der Waals surface area contributed by atoms with E-state index in [1.54, 1.807) is 30.5 Å². The van der Waals surface area contributed by atoms with Crippen LogP contribution in [-0.4, -0.2) is 23.9 Å². The number of aryl methyl sites for hydroxylation is 1. The zero-order valence-electron chi connectivity index (χ0n) is 18.8. The van der Waals surface area contributed by atoms with Crippen LogP contribution in [-0.2, 0) is 9.53 Å². The van der Waals surface area contributed by atoms with Crippen molar-refractivity contribution in [2.75, 3.05) is 13.4 Å². The average molecular weight is 541 g/mol. The second-order valence-electron chi connectivity index (χ2n) is 7.92. The molecule has 0 N–H and O–H groups in total. The van der Waals surface area contributed by atoms with E-state index in [0.717, 1.165) is 15.6 Å². The van der Waals surface area contributed by atoms with Crippen LogP contribution in [0, 0.1) is 6.92 Å². The van der Waals surface area contributed by atoms with Crippen LogP contribution in [0.1, 0.15) is 36.6 Å². The topological polar surface area (TPSA) is 79.1 Å². The van der Waals surface area contributed by atoms with Crippen molar-refractivity contribution in [1.29, 1.82) is 0 Å². The van der Waals surface area contributed by atoms with E-state index in [9.17, 15) is 9.59 Å². The van der Waals surface area contributed by atoms with Crippen LogP contribution in [0.2, 0.25) is 0 Å². The van der Waals surface area contributed by atoms with E-state index in [2.05, 4.69) is 20.9 Å². The highest BCUT2D eigenvalue weighted by Gasteiger charge is 2.34. The number of carbonyl (C=O) groups excluding carboxylic acids is 1. The van der Waals surface area contributed by atoms with Gasteiger partial charge in [-0.3, -0.25) is 9.36 Å². The first kappa shape index (κ1) is 22.6. The number of aromatic nitrogens is 1. The molecule has 34 heavy (non-hydrogen) atoms. The Morgan fingerprint density at radius 2 is 2.03 bits per heavy atom. The minimum atomic E-state index is -0.697. The number of halogens is 1. The largest absolute Gasteiger partial charge is 0.463 e. The van der Waals surface area contributed by atoms with E-state index in [0.29, 0.717) is 37.7 Å². The molecule has 1 aromatic heterocycles. The molecule has 7 nitrogen and oxygen atoms in total. The zero-order valence-corrected chi connectivity index (χ0v) is 21.2. The first-order valence-corrected chi connectivity index (χ1v) is 12.3. The van der Waals surface area contributed by atoms with Gasteiger partial charge in [0.05, 0.1) is 28.5 Å². The van der Waals surface area contributed by atoms with E-state index in [-0.39, 0.29) is 19.0 Å². The summed E-state index contributed by atoms with van der Waals surface area (Å²) in [6.07, 6.45) is 1.84. The third-order valence-corrected chi connectivity index (χ3v) is 7.56. The van der Waals surface area contributed by atoms with Crippen molar-refractivity contribution in [3.63, 3.8) is 0 Å². The third kappa shape index (κ3) is 3.88. The number of esters is 1. The SMILES string of the molecule is CCOC(=O)C1=C(C)N=c2s/c(=C\c3ccc(C)c(Br)c3)c(=O)n2[C@H]1c1ccc2c(c1)OCO2. The lowest BCUT2D eigenvalue weighted by Crippen LogP contribution is -2.39. The van der Waals surface area contributed by atoms with E-state index in [4.69, 9.17) is 14.2 Å². The normalized spacial score (nSPS) is 16.9. The van der Waals surface area contributed by atoms with Gasteiger partial charge >= 0.3 is 5.97 Å². The van der Waals surface area contributed by atoms with Gasteiger partial charge in [-0.2, -0.15) is 0 Å². The summed E-state index contributed by atoms with van der Waals surface area (Å²) >= 11 is 4.84. The Morgan fingerprint density at radius 3 is 2.79 bits per heavy atom. The molecule has 3 heterocycles. The molecular weight excluding hydrogens is 520 g/mol. The molecule has 2 aliphatic heterocycles. The zero-order chi connectivity index (χ0) is 24.0. The molecule has 174 valence electrons. The molecule has 0 fully saturated rings. The second kappa shape index (κ2) is 8.88. The van der Waals surface area contributed by atoms with Gasteiger partial charge in [-0.1, -0.05) is 45.5 Å². The number of carbonyl (C=O) groups is 1. The number of benzene rings is 2. The highest BCUT2D eigenvalue weighted by Crippen LogP contribution is 2.38. The van der Waals surface area contributed by atoms with Gasteiger partial charge in [0.15, 0.2) is 16.3 Å². The first-order valence-electron chi connectivity index (χ1n) is 10.7. The highest BCUT2D eigenvalue weighted by atomic mass is 79.9. The fourth-order valence-corrected chi connectivity index (χ4v) is 5.48. The molecule has 0 spiro atoms. The summed E-state index contributed by atoms with van der Waals surface area (Å²) in [5, 5.41) is 0. The lowest BCUT2D eigenvalue weighted by atomic mass is 9.95. The molecule has 2 aromatic carbocycles. The maximum atomic E-state index is 13.7. The van der Waals surface area contributed by atoms with Crippen molar-refractivity contribution in [3.8, 4) is 11.5 Å². The number of fused-ring (bicyclic) bond motifs is 2. The summed E-state index contributed by atoms with van der Waals surface area (Å²) in [6.45, 7) is 5.87. The van der Waals surface area contributed by atoms with E-state index in [1.165, 1.54) is 11.3 Å². The monoisotopic (exact) mass is 540 g/mol. The van der Waals surface area contributed by atoms with Gasteiger partial charge in [-0.15, -0.1) is 0 Å². The van der Waals surface area contributed by atoms with Crippen LogP contribution in [0.4, 0.5) is 0 Å². The minimum Gasteiger partial charge on any atom is -0.463 e. The van der Waals surface area contributed by atoms with Gasteiger partial charge in [-0.25, -0.2) is 9.79 Å². The maximum absolute atomic E-state index is 13.7. The van der Waals surface area contributed by atoms with Crippen LogP contribution in [0.5, 0.6) is 11.5 Å². The van der Waals surface area contributed by atoms with E-state index in [1.807, 2.05) is 37.3 Å². The Morgan fingerprint density at radius 1 is 1.24 bits per heavy atom. The molecule has 2 aliphatic rings. The minimum absolute atomic E-state index is 0.132. The van der Waals surface area contributed by atoms with Crippen molar-refractivity contribution >= 4 is 39.3 Å². The summed E-state index contributed by atoms with van der Waals surface area (Å²) in [4.78, 5) is 31.8. The fourth-order valence-electron chi connectivity index (χ4n) is 4.04. The van der Waals surface area contributed by atoms with Gasteiger partial charge in [0, 0.05) is 4.47 Å². The van der Waals surface area contributed by atoms with Crippen molar-refractivity contribution in [2.24, 2.45) is 4.99 Å². The quantitative estimate of drug-likeness (QED) is 0.472. The summed E-state index contributed by atoms with van der Waals surface area (Å²) in [5.41, 5.74) is 3.34. The Labute approximate surface area is 207 Å². The first-order chi connectivity index (χ1) is 16.4. The highest BCUT2D eigenvalue weighted by molar-refractivity contribution is 9.10. The Balaban J connectivity index is 1.72. The van der Waals surface area contributed by atoms with Crippen molar-refractivity contribution in [2.45, 2.75) is 26.8 Å². The van der Waals surface area contributed by atoms with Gasteiger partial charge in [0.25, 0.3) is 5.56 Å². The van der Waals surface area contributed by atoms with Gasteiger partial charge in [0.1, 0.15) is 0 Å². The molecule has 3 aromatic rings. The van der Waals surface area contributed by atoms with Crippen LogP contribution in [0.15, 0.2) is 61.9 Å². The maximum Gasteiger partial charge on any atom is 0.338 e. The van der Waals surface area contributed by atoms with Crippen LogP contribution < -0.4 is 24.4 Å². The summed E-state index contributed by atoms with van der Waals surface area (Å²) in [7, 11) is 0. The number of hydrogen-bond acceptors (Lipinski definition) is 7. The predicted molar refractivity (Wildman–Crippen MR) is 132 cm³/mol. The number of hydrogen-bond donors (Lipinski definition) is 0. The molecule has 0 unspecified atom stereocenters. The van der Waals surface area contributed by atoms with Gasteiger partial charge < -0.3 is 14.2 Å². The summed E-state index contributed by atoms with van der Waals surface area (Å²) in [5.74, 6) is 0.699. The number of rotatable bonds is 4. The Kier molecular flexibility index (Phi) is 5.91. The van der Waals surface area contributed by atoms with Crippen LogP contribution in [0.3, 0.4) is 0 Å². The van der Waals surface area contributed by atoms with Gasteiger partial charge in [0.2, 0.25) is 6.79 Å². The van der Waals surface area contributed by atoms with Crippen molar-refractivity contribution in [3.05, 3.63) is 88.5 Å². The van der Waals surface area contributed by atoms with Gasteiger partial charge in [-0.05, 0) is 61.7 Å². The van der Waals surface area contributed by atoms with E-state index >= 15 is 0 Å². The summed E-state index contributed by atoms with van der Waals surface area (Å²) < 4.78 is 19.4. The molecule has 0 saturated heterocycles. The van der Waals surface area contributed by atoms with Crippen LogP contribution in [0.25, 0.3) is 6.08 Å². The summed E-state index contributed by atoms with van der Waals surface area (Å²) in [6, 6.07) is 10.7. The lowest BCUT2D eigenvalue weighted by Gasteiger charge is -2.24. The predicted octanol–water partition coefficient (Wildman–Crippen LogP) is 3.60. The van der Waals surface area contributed by atoms with Crippen molar-refractivity contribution in [1.82, 2.24) is 4.57 Å². The lowest BCUT2D eigenvalue weighted by molar-refractivity contribution is -0.139. The average Bonchev–Trinajstić information content (AvgIpc) is 3.39. The fraction of sp³-hybridized carbons (Fsp3) is 0.240. The molecule has 0 amide bonds. The molecule has 0 saturated carbocycles. The van der Waals surface area contributed by atoms with Crippen LogP contribution >= 0.6 is 27.3 Å². The molecule has 0 aliphatic carbocycles. The molecule has 0 bridgehead atoms. The second-order valence-corrected chi connectivity index (χ2v) is 9.79. The third-order valence-electron chi connectivity index (χ3n) is 5.72. The number of thiazole rings is 1. The molecule has 0 radical (unpaired) electrons. The number of ether oxygens (including phenoxy) is 3. The standard InChI is InChI=1S/C25H21BrN2O5S/c1-4-31-24(30)21-14(3)27-25-28(22(21)16-7-8-18-19(11-16)33-12-32-18)23(29)20(34-25)10-15-6-5-13(2)17(26)9-15/h5-11,22H,4,12H2,1-3H3/b20-10-/t22-/m0/s1. The van der Waals surface area contributed by atoms with Crippen molar-refractivity contribution < 1.29 is 19.0 Å². The van der Waals surface area contributed by atoms with E-state index < -0.39 is 12.0 Å². The Bertz CT molecular complexity index is 1540. The number of allylic oxidation sites excluding steroid dienone is 1. The Hall–Kier alpha value is -3.17. The number of nitrogens with zero attached hydrogens (tertiary/aromatic N) is 2. The smallest absolute Gasteiger partial charge is 0.338 e. The molecule has 9 heteroatoms. The molecule has 5 rings (SSSR count).